The summed E-state index contributed by atoms with van der Waals surface area (Å²) >= 11 is 0. The SMILES string of the molecule is CC(C)C1COC(CO)CN1Cc1ccccc1. The van der Waals surface area contributed by atoms with Crippen molar-refractivity contribution in [3.8, 4) is 0 Å². The zero-order chi connectivity index (χ0) is 13.0. The highest BCUT2D eigenvalue weighted by molar-refractivity contribution is 5.14. The molecule has 3 heteroatoms. The quantitative estimate of drug-likeness (QED) is 0.884. The number of rotatable bonds is 4. The summed E-state index contributed by atoms with van der Waals surface area (Å²) in [7, 11) is 0. The standard InChI is InChI=1S/C15H23NO2/c1-12(2)15-11-18-14(10-17)9-16(15)8-13-6-4-3-5-7-13/h3-7,12,14-15,17H,8-11H2,1-2H3. The maximum absolute atomic E-state index is 9.25. The van der Waals surface area contributed by atoms with Crippen molar-refractivity contribution < 1.29 is 9.84 Å². The van der Waals surface area contributed by atoms with E-state index in [4.69, 9.17) is 4.74 Å². The van der Waals surface area contributed by atoms with Crippen LogP contribution < -0.4 is 0 Å². The molecule has 0 saturated carbocycles. The van der Waals surface area contributed by atoms with Gasteiger partial charge in [0.15, 0.2) is 0 Å². The van der Waals surface area contributed by atoms with Gasteiger partial charge in [-0.2, -0.15) is 0 Å². The van der Waals surface area contributed by atoms with Crippen LogP contribution in [0.4, 0.5) is 0 Å². The van der Waals surface area contributed by atoms with E-state index in [0.717, 1.165) is 19.7 Å². The van der Waals surface area contributed by atoms with E-state index in [-0.39, 0.29) is 12.7 Å². The van der Waals surface area contributed by atoms with E-state index in [0.29, 0.717) is 12.0 Å². The lowest BCUT2D eigenvalue weighted by atomic mass is 10.00. The van der Waals surface area contributed by atoms with Gasteiger partial charge in [0.05, 0.1) is 19.3 Å². The molecule has 0 aromatic heterocycles. The second-order valence-corrected chi connectivity index (χ2v) is 5.36. The van der Waals surface area contributed by atoms with Gasteiger partial charge in [-0.25, -0.2) is 0 Å². The summed E-state index contributed by atoms with van der Waals surface area (Å²) < 4.78 is 5.68. The molecule has 3 nitrogen and oxygen atoms in total. The molecule has 2 rings (SSSR count). The average molecular weight is 249 g/mol. The van der Waals surface area contributed by atoms with E-state index in [1.165, 1.54) is 5.56 Å². The van der Waals surface area contributed by atoms with E-state index >= 15 is 0 Å². The van der Waals surface area contributed by atoms with Gasteiger partial charge in [-0.05, 0) is 11.5 Å². The maximum Gasteiger partial charge on any atom is 0.0933 e. The van der Waals surface area contributed by atoms with Gasteiger partial charge in [0.25, 0.3) is 0 Å². The summed E-state index contributed by atoms with van der Waals surface area (Å²) in [5.74, 6) is 0.563. The third kappa shape index (κ3) is 3.31. The summed E-state index contributed by atoms with van der Waals surface area (Å²) in [6, 6.07) is 10.9. The van der Waals surface area contributed by atoms with Gasteiger partial charge in [-0.1, -0.05) is 44.2 Å². The number of hydrogen-bond acceptors (Lipinski definition) is 3. The van der Waals surface area contributed by atoms with Crippen molar-refractivity contribution in [3.63, 3.8) is 0 Å². The van der Waals surface area contributed by atoms with Crippen molar-refractivity contribution in [1.29, 1.82) is 0 Å². The molecule has 2 unspecified atom stereocenters. The lowest BCUT2D eigenvalue weighted by Crippen LogP contribution is -2.52. The minimum absolute atomic E-state index is 0.0382. The Morgan fingerprint density at radius 2 is 2.06 bits per heavy atom. The maximum atomic E-state index is 9.25. The van der Waals surface area contributed by atoms with Crippen LogP contribution in [0.5, 0.6) is 0 Å². The van der Waals surface area contributed by atoms with Crippen LogP contribution in [0.1, 0.15) is 19.4 Å². The van der Waals surface area contributed by atoms with Crippen molar-refractivity contribution in [1.82, 2.24) is 4.90 Å². The molecule has 1 aliphatic rings. The molecule has 0 spiro atoms. The number of hydrogen-bond donors (Lipinski definition) is 1. The zero-order valence-corrected chi connectivity index (χ0v) is 11.2. The minimum Gasteiger partial charge on any atom is -0.394 e. The molecule has 0 radical (unpaired) electrons. The summed E-state index contributed by atoms with van der Waals surface area (Å²) in [5, 5.41) is 9.25. The van der Waals surface area contributed by atoms with Crippen LogP contribution in [0.25, 0.3) is 0 Å². The third-order valence-corrected chi connectivity index (χ3v) is 3.61. The number of morpholine rings is 1. The van der Waals surface area contributed by atoms with Crippen molar-refractivity contribution in [2.24, 2.45) is 5.92 Å². The fourth-order valence-corrected chi connectivity index (χ4v) is 2.51. The molecule has 1 aromatic carbocycles. The highest BCUT2D eigenvalue weighted by atomic mass is 16.5. The summed E-state index contributed by atoms with van der Waals surface area (Å²) in [4.78, 5) is 2.43. The fourth-order valence-electron chi connectivity index (χ4n) is 2.51. The first-order chi connectivity index (χ1) is 8.70. The Hall–Kier alpha value is -0.900. The van der Waals surface area contributed by atoms with E-state index in [1.54, 1.807) is 0 Å². The van der Waals surface area contributed by atoms with Crippen LogP contribution in [0.3, 0.4) is 0 Å². The number of aliphatic hydroxyl groups excluding tert-OH is 1. The molecule has 18 heavy (non-hydrogen) atoms. The van der Waals surface area contributed by atoms with Gasteiger partial charge in [0.1, 0.15) is 0 Å². The molecule has 2 atom stereocenters. The molecule has 1 saturated heterocycles. The van der Waals surface area contributed by atoms with E-state index in [2.05, 4.69) is 43.0 Å². The summed E-state index contributed by atoms with van der Waals surface area (Å²) in [6.45, 7) is 7.03. The predicted octanol–water partition coefficient (Wildman–Crippen LogP) is 1.90. The molecular weight excluding hydrogens is 226 g/mol. The van der Waals surface area contributed by atoms with Gasteiger partial charge in [-0.15, -0.1) is 0 Å². The molecule has 1 heterocycles. The normalized spacial score (nSPS) is 25.6. The second-order valence-electron chi connectivity index (χ2n) is 5.36. The van der Waals surface area contributed by atoms with Crippen molar-refractivity contribution in [2.45, 2.75) is 32.5 Å². The predicted molar refractivity (Wildman–Crippen MR) is 72.3 cm³/mol. The first kappa shape index (κ1) is 13.5. The van der Waals surface area contributed by atoms with Gasteiger partial charge in [-0.3, -0.25) is 4.90 Å². The Morgan fingerprint density at radius 1 is 1.33 bits per heavy atom. The van der Waals surface area contributed by atoms with Crippen molar-refractivity contribution in [2.75, 3.05) is 19.8 Å². The molecule has 100 valence electrons. The van der Waals surface area contributed by atoms with Crippen molar-refractivity contribution in [3.05, 3.63) is 35.9 Å². The van der Waals surface area contributed by atoms with Crippen LogP contribution in [0.15, 0.2) is 30.3 Å². The van der Waals surface area contributed by atoms with Gasteiger partial charge >= 0.3 is 0 Å². The van der Waals surface area contributed by atoms with Crippen molar-refractivity contribution >= 4 is 0 Å². The highest BCUT2D eigenvalue weighted by Gasteiger charge is 2.30. The minimum atomic E-state index is -0.0382. The largest absolute Gasteiger partial charge is 0.394 e. The lowest BCUT2D eigenvalue weighted by Gasteiger charge is -2.41. The monoisotopic (exact) mass is 249 g/mol. The Morgan fingerprint density at radius 3 is 2.67 bits per heavy atom. The molecule has 0 aliphatic carbocycles. The molecule has 0 bridgehead atoms. The summed E-state index contributed by atoms with van der Waals surface area (Å²) in [6.07, 6.45) is -0.0382. The molecule has 1 aromatic rings. The van der Waals surface area contributed by atoms with Gasteiger partial charge in [0.2, 0.25) is 0 Å². The first-order valence-corrected chi connectivity index (χ1v) is 6.71. The molecule has 1 N–H and O–H groups in total. The van der Waals surface area contributed by atoms with Crippen LogP contribution in [0, 0.1) is 5.92 Å². The molecule has 0 amide bonds. The molecule has 1 fully saturated rings. The number of aliphatic hydroxyl groups is 1. The Balaban J connectivity index is 2.05. The number of ether oxygens (including phenoxy) is 1. The molecular formula is C15H23NO2. The van der Waals surface area contributed by atoms with Gasteiger partial charge < -0.3 is 9.84 Å². The highest BCUT2D eigenvalue weighted by Crippen LogP contribution is 2.20. The average Bonchev–Trinajstić information content (AvgIpc) is 2.39. The van der Waals surface area contributed by atoms with Crippen LogP contribution >= 0.6 is 0 Å². The topological polar surface area (TPSA) is 32.7 Å². The van der Waals surface area contributed by atoms with E-state index < -0.39 is 0 Å². The molecule has 1 aliphatic heterocycles. The lowest BCUT2D eigenvalue weighted by molar-refractivity contribution is -0.0957. The van der Waals surface area contributed by atoms with Gasteiger partial charge in [0, 0.05) is 19.1 Å². The van der Waals surface area contributed by atoms with E-state index in [1.807, 2.05) is 6.07 Å². The number of benzene rings is 1. The van der Waals surface area contributed by atoms with Crippen LogP contribution in [-0.2, 0) is 11.3 Å². The Bertz CT molecular complexity index is 353. The zero-order valence-electron chi connectivity index (χ0n) is 11.2. The Kier molecular flexibility index (Phi) is 4.75. The smallest absolute Gasteiger partial charge is 0.0933 e. The van der Waals surface area contributed by atoms with E-state index in [9.17, 15) is 5.11 Å². The second kappa shape index (κ2) is 6.32. The van der Waals surface area contributed by atoms with Crippen LogP contribution in [0.2, 0.25) is 0 Å². The first-order valence-electron chi connectivity index (χ1n) is 6.71. The fraction of sp³-hybridized carbons (Fsp3) is 0.600. The third-order valence-electron chi connectivity index (χ3n) is 3.61. The number of nitrogens with zero attached hydrogens (tertiary/aromatic N) is 1. The summed E-state index contributed by atoms with van der Waals surface area (Å²) in [5.41, 5.74) is 1.32. The Labute approximate surface area is 109 Å². The van der Waals surface area contributed by atoms with Crippen LogP contribution in [-0.4, -0.2) is 41.9 Å².